The molecule has 0 unspecified atom stereocenters. The lowest BCUT2D eigenvalue weighted by Crippen LogP contribution is -2.46. The first-order chi connectivity index (χ1) is 11.6. The van der Waals surface area contributed by atoms with Crippen LogP contribution in [0.3, 0.4) is 0 Å². The number of benzene rings is 2. The van der Waals surface area contributed by atoms with Crippen molar-refractivity contribution >= 4 is 5.91 Å². The molecule has 2 aromatic rings. The predicted octanol–water partition coefficient (Wildman–Crippen LogP) is 4.48. The summed E-state index contributed by atoms with van der Waals surface area (Å²) in [5.41, 5.74) is 0.509. The van der Waals surface area contributed by atoms with Gasteiger partial charge in [-0.1, -0.05) is 49.6 Å². The molecule has 1 fully saturated rings. The largest absolute Gasteiger partial charge is 0.351 e. The maximum absolute atomic E-state index is 14.4. The lowest BCUT2D eigenvalue weighted by Gasteiger charge is -2.36. The molecule has 1 amide bonds. The summed E-state index contributed by atoms with van der Waals surface area (Å²) in [6.07, 6.45) is 4.21. The molecule has 0 heterocycles. The molecule has 2 nitrogen and oxygen atoms in total. The van der Waals surface area contributed by atoms with E-state index >= 15 is 0 Å². The van der Waals surface area contributed by atoms with Gasteiger partial charge in [0, 0.05) is 12.1 Å². The van der Waals surface area contributed by atoms with E-state index in [2.05, 4.69) is 5.32 Å². The number of carbonyl (C=O) groups excluding carboxylic acids is 1. The summed E-state index contributed by atoms with van der Waals surface area (Å²) in [7, 11) is 0. The molecule has 1 aliphatic rings. The van der Waals surface area contributed by atoms with Crippen molar-refractivity contribution in [1.82, 2.24) is 5.32 Å². The van der Waals surface area contributed by atoms with Crippen molar-refractivity contribution in [2.75, 3.05) is 0 Å². The molecule has 1 saturated carbocycles. The van der Waals surface area contributed by atoms with Gasteiger partial charge in [-0.05, 0) is 36.6 Å². The number of rotatable bonds is 4. The lowest BCUT2D eigenvalue weighted by molar-refractivity contribution is -0.128. The first-order valence-electron chi connectivity index (χ1n) is 8.40. The molecule has 4 heteroatoms. The van der Waals surface area contributed by atoms with Crippen molar-refractivity contribution in [3.63, 3.8) is 0 Å². The highest BCUT2D eigenvalue weighted by atomic mass is 19.1. The van der Waals surface area contributed by atoms with E-state index in [-0.39, 0.29) is 17.5 Å². The van der Waals surface area contributed by atoms with Crippen LogP contribution in [0.5, 0.6) is 0 Å². The third-order valence-corrected chi connectivity index (χ3v) is 4.90. The number of halogens is 2. The number of hydrogen-bond acceptors (Lipinski definition) is 1. The molecule has 0 aromatic heterocycles. The molecular weight excluding hydrogens is 308 g/mol. The van der Waals surface area contributed by atoms with Crippen LogP contribution in [0.2, 0.25) is 0 Å². The van der Waals surface area contributed by atoms with Gasteiger partial charge in [-0.25, -0.2) is 8.78 Å². The van der Waals surface area contributed by atoms with E-state index in [0.29, 0.717) is 24.9 Å². The average Bonchev–Trinajstić information content (AvgIpc) is 2.62. The molecule has 0 spiro atoms. The van der Waals surface area contributed by atoms with E-state index in [0.717, 1.165) is 24.8 Å². The van der Waals surface area contributed by atoms with Gasteiger partial charge in [-0.2, -0.15) is 0 Å². The number of hydrogen-bond donors (Lipinski definition) is 1. The smallest absolute Gasteiger partial charge is 0.231 e. The highest BCUT2D eigenvalue weighted by Gasteiger charge is 2.42. The van der Waals surface area contributed by atoms with Gasteiger partial charge in [0.1, 0.15) is 11.6 Å². The topological polar surface area (TPSA) is 29.1 Å². The maximum atomic E-state index is 14.4. The molecule has 1 N–H and O–H groups in total. The van der Waals surface area contributed by atoms with E-state index in [9.17, 15) is 13.6 Å². The Balaban J connectivity index is 1.82. The van der Waals surface area contributed by atoms with Crippen LogP contribution in [-0.2, 0) is 16.8 Å². The van der Waals surface area contributed by atoms with Crippen LogP contribution >= 0.6 is 0 Å². The summed E-state index contributed by atoms with van der Waals surface area (Å²) in [5, 5.41) is 2.93. The van der Waals surface area contributed by atoms with Gasteiger partial charge in [0.15, 0.2) is 0 Å². The second kappa shape index (κ2) is 7.12. The quantitative estimate of drug-likeness (QED) is 0.880. The number of nitrogens with one attached hydrogen (secondary N) is 1. The Kier molecular flexibility index (Phi) is 4.93. The van der Waals surface area contributed by atoms with Crippen LogP contribution in [-0.4, -0.2) is 5.91 Å². The number of carbonyl (C=O) groups is 1. The first kappa shape index (κ1) is 16.6. The molecule has 0 saturated heterocycles. The molecule has 24 heavy (non-hydrogen) atoms. The Hall–Kier alpha value is -2.23. The van der Waals surface area contributed by atoms with Crippen molar-refractivity contribution in [1.29, 1.82) is 0 Å². The minimum atomic E-state index is -0.802. The third-order valence-electron chi connectivity index (χ3n) is 4.90. The molecule has 0 bridgehead atoms. The molecule has 0 atom stereocenters. The van der Waals surface area contributed by atoms with Crippen LogP contribution in [0.4, 0.5) is 8.78 Å². The number of amides is 1. The van der Waals surface area contributed by atoms with Gasteiger partial charge >= 0.3 is 0 Å². The predicted molar refractivity (Wildman–Crippen MR) is 89.4 cm³/mol. The Morgan fingerprint density at radius 2 is 1.62 bits per heavy atom. The van der Waals surface area contributed by atoms with Crippen LogP contribution in [0.15, 0.2) is 48.5 Å². The standard InChI is InChI=1S/C20H21F2NO/c21-16-10-8-15(9-11-16)14-23-19(24)20(12-4-1-5-13-20)17-6-2-3-7-18(17)22/h2-3,6-11H,1,4-5,12-14H2,(H,23,24). The molecular formula is C20H21F2NO. The van der Waals surface area contributed by atoms with E-state index in [1.54, 1.807) is 30.3 Å². The zero-order valence-corrected chi connectivity index (χ0v) is 13.5. The fraction of sp³-hybridized carbons (Fsp3) is 0.350. The van der Waals surface area contributed by atoms with Crippen LogP contribution in [0.25, 0.3) is 0 Å². The van der Waals surface area contributed by atoms with Crippen molar-refractivity contribution in [3.8, 4) is 0 Å². The average molecular weight is 329 g/mol. The minimum Gasteiger partial charge on any atom is -0.351 e. The zero-order chi connectivity index (χ0) is 17.0. The van der Waals surface area contributed by atoms with Crippen molar-refractivity contribution in [2.24, 2.45) is 0 Å². The van der Waals surface area contributed by atoms with Crippen molar-refractivity contribution in [3.05, 3.63) is 71.3 Å². The van der Waals surface area contributed by atoms with Crippen LogP contribution in [0, 0.1) is 11.6 Å². The monoisotopic (exact) mass is 329 g/mol. The fourth-order valence-electron chi connectivity index (χ4n) is 3.58. The summed E-state index contributed by atoms with van der Waals surface area (Å²) in [4.78, 5) is 13.0. The van der Waals surface area contributed by atoms with Gasteiger partial charge in [-0.15, -0.1) is 0 Å². The highest BCUT2D eigenvalue weighted by Crippen LogP contribution is 2.40. The summed E-state index contributed by atoms with van der Waals surface area (Å²) in [6.45, 7) is 0.315. The molecule has 126 valence electrons. The van der Waals surface area contributed by atoms with E-state index in [4.69, 9.17) is 0 Å². The SMILES string of the molecule is O=C(NCc1ccc(F)cc1)C1(c2ccccc2F)CCCCC1. The Bertz CT molecular complexity index is 706. The van der Waals surface area contributed by atoms with Crippen molar-refractivity contribution in [2.45, 2.75) is 44.1 Å². The molecule has 0 aliphatic heterocycles. The molecule has 2 aromatic carbocycles. The minimum absolute atomic E-state index is 0.142. The Morgan fingerprint density at radius 3 is 2.29 bits per heavy atom. The first-order valence-corrected chi connectivity index (χ1v) is 8.40. The van der Waals surface area contributed by atoms with Gasteiger partial charge in [0.05, 0.1) is 5.41 Å². The van der Waals surface area contributed by atoms with Gasteiger partial charge < -0.3 is 5.32 Å². The van der Waals surface area contributed by atoms with E-state index in [1.807, 2.05) is 0 Å². The summed E-state index contributed by atoms with van der Waals surface area (Å²) in [5.74, 6) is -0.770. The van der Waals surface area contributed by atoms with Gasteiger partial charge in [0.2, 0.25) is 5.91 Å². The normalized spacial score (nSPS) is 16.6. The second-order valence-corrected chi connectivity index (χ2v) is 6.43. The molecule has 0 radical (unpaired) electrons. The van der Waals surface area contributed by atoms with Gasteiger partial charge in [-0.3, -0.25) is 4.79 Å². The summed E-state index contributed by atoms with van der Waals surface area (Å²) in [6, 6.07) is 12.6. The second-order valence-electron chi connectivity index (χ2n) is 6.43. The Labute approximate surface area is 140 Å². The van der Waals surface area contributed by atoms with Gasteiger partial charge in [0.25, 0.3) is 0 Å². The maximum Gasteiger partial charge on any atom is 0.231 e. The lowest BCUT2D eigenvalue weighted by atomic mass is 9.68. The third kappa shape index (κ3) is 3.32. The van der Waals surface area contributed by atoms with E-state index in [1.165, 1.54) is 18.2 Å². The molecule has 3 rings (SSSR count). The van der Waals surface area contributed by atoms with Crippen LogP contribution < -0.4 is 5.32 Å². The Morgan fingerprint density at radius 1 is 0.958 bits per heavy atom. The fourth-order valence-corrected chi connectivity index (χ4v) is 3.58. The summed E-state index contributed by atoms with van der Waals surface area (Å²) < 4.78 is 27.3. The van der Waals surface area contributed by atoms with E-state index < -0.39 is 5.41 Å². The molecule has 1 aliphatic carbocycles. The highest BCUT2D eigenvalue weighted by molar-refractivity contribution is 5.88. The summed E-state index contributed by atoms with van der Waals surface area (Å²) >= 11 is 0. The zero-order valence-electron chi connectivity index (χ0n) is 13.5. The van der Waals surface area contributed by atoms with Crippen molar-refractivity contribution < 1.29 is 13.6 Å². The van der Waals surface area contributed by atoms with Crippen LogP contribution in [0.1, 0.15) is 43.2 Å².